The predicted octanol–water partition coefficient (Wildman–Crippen LogP) is 1.17. The molecule has 0 bridgehead atoms. The van der Waals surface area contributed by atoms with Crippen molar-refractivity contribution in [1.29, 1.82) is 0 Å². The number of hydrogen-bond acceptors (Lipinski definition) is 5. The fourth-order valence-electron chi connectivity index (χ4n) is 3.05. The second-order valence-electron chi connectivity index (χ2n) is 6.66. The van der Waals surface area contributed by atoms with E-state index in [-0.39, 0.29) is 43.0 Å². The van der Waals surface area contributed by atoms with Crippen LogP contribution in [0.4, 0.5) is 4.79 Å². The molecule has 2 aliphatic heterocycles. The first-order valence-electron chi connectivity index (χ1n) is 7.02. The lowest BCUT2D eigenvalue weighted by Crippen LogP contribution is -2.34. The number of carbonyl (C=O) groups excluding carboxylic acids is 2. The maximum absolute atomic E-state index is 12.0. The van der Waals surface area contributed by atoms with Gasteiger partial charge in [-0.3, -0.25) is 4.79 Å². The van der Waals surface area contributed by atoms with Gasteiger partial charge in [-0.05, 0) is 27.7 Å². The summed E-state index contributed by atoms with van der Waals surface area (Å²) in [7, 11) is 0. The zero-order chi connectivity index (χ0) is 15.1. The number of carbonyl (C=O) groups is 2. The minimum absolute atomic E-state index is 0.111. The maximum atomic E-state index is 12.0. The van der Waals surface area contributed by atoms with Crippen LogP contribution in [0.3, 0.4) is 0 Å². The number of hydrogen-bond donors (Lipinski definition) is 1. The molecular formula is C14H23NO5. The molecule has 0 aliphatic carbocycles. The second-order valence-corrected chi connectivity index (χ2v) is 6.66. The van der Waals surface area contributed by atoms with Crippen LogP contribution in [-0.4, -0.2) is 53.0 Å². The molecule has 0 aromatic heterocycles. The summed E-state index contributed by atoms with van der Waals surface area (Å²) in [5.74, 6) is -0.522. The van der Waals surface area contributed by atoms with Gasteiger partial charge in [0.2, 0.25) is 0 Å². The van der Waals surface area contributed by atoms with E-state index in [1.165, 1.54) is 0 Å². The van der Waals surface area contributed by atoms with Gasteiger partial charge < -0.3 is 19.5 Å². The van der Waals surface area contributed by atoms with E-state index in [2.05, 4.69) is 0 Å². The standard InChI is InChI=1S/C14H23NO5/c1-8(16)10-6-15-11(7-19-13(15)18)9(10)5-12(17)20-14(2,3)4/h8-11,16H,5-7H2,1-4H3/t8?,9-,10+,11+/m0/s1. The average Bonchev–Trinajstić information content (AvgIpc) is 2.78. The highest BCUT2D eigenvalue weighted by Crippen LogP contribution is 2.38. The highest BCUT2D eigenvalue weighted by Gasteiger charge is 2.51. The van der Waals surface area contributed by atoms with Crippen molar-refractivity contribution < 1.29 is 24.2 Å². The van der Waals surface area contributed by atoms with Gasteiger partial charge in [0.25, 0.3) is 0 Å². The van der Waals surface area contributed by atoms with Gasteiger partial charge >= 0.3 is 12.1 Å². The van der Waals surface area contributed by atoms with Crippen LogP contribution in [0.2, 0.25) is 0 Å². The Morgan fingerprint density at radius 3 is 2.75 bits per heavy atom. The molecule has 114 valence electrons. The zero-order valence-corrected chi connectivity index (χ0v) is 12.5. The molecule has 1 unspecified atom stereocenters. The lowest BCUT2D eigenvalue weighted by Gasteiger charge is -2.25. The van der Waals surface area contributed by atoms with Crippen LogP contribution in [0.25, 0.3) is 0 Å². The highest BCUT2D eigenvalue weighted by atomic mass is 16.6. The Bertz CT molecular complexity index is 401. The molecule has 2 aliphatic rings. The number of esters is 1. The van der Waals surface area contributed by atoms with Crippen LogP contribution in [0, 0.1) is 11.8 Å². The van der Waals surface area contributed by atoms with E-state index in [1.54, 1.807) is 11.8 Å². The van der Waals surface area contributed by atoms with Crippen LogP contribution >= 0.6 is 0 Å². The molecule has 2 saturated heterocycles. The molecule has 2 heterocycles. The third-order valence-electron chi connectivity index (χ3n) is 3.91. The molecule has 1 amide bonds. The predicted molar refractivity (Wildman–Crippen MR) is 71.0 cm³/mol. The van der Waals surface area contributed by atoms with E-state index < -0.39 is 11.7 Å². The summed E-state index contributed by atoms with van der Waals surface area (Å²) in [4.78, 5) is 25.2. The first kappa shape index (κ1) is 15.1. The van der Waals surface area contributed by atoms with Gasteiger partial charge in [-0.1, -0.05) is 0 Å². The van der Waals surface area contributed by atoms with Crippen LogP contribution < -0.4 is 0 Å². The number of cyclic esters (lactones) is 1. The van der Waals surface area contributed by atoms with E-state index in [1.807, 2.05) is 20.8 Å². The first-order valence-corrected chi connectivity index (χ1v) is 7.02. The first-order chi connectivity index (χ1) is 9.19. The quantitative estimate of drug-likeness (QED) is 0.788. The minimum Gasteiger partial charge on any atom is -0.460 e. The van der Waals surface area contributed by atoms with Gasteiger partial charge in [0, 0.05) is 18.4 Å². The molecule has 0 saturated carbocycles. The van der Waals surface area contributed by atoms with Crippen LogP contribution in [0.1, 0.15) is 34.1 Å². The highest BCUT2D eigenvalue weighted by molar-refractivity contribution is 5.73. The fraction of sp³-hybridized carbons (Fsp3) is 0.857. The summed E-state index contributed by atoms with van der Waals surface area (Å²) in [6.45, 7) is 7.88. The monoisotopic (exact) mass is 285 g/mol. The molecular weight excluding hydrogens is 262 g/mol. The van der Waals surface area contributed by atoms with Gasteiger partial charge in [-0.25, -0.2) is 4.79 Å². The molecule has 1 N–H and O–H groups in total. The largest absolute Gasteiger partial charge is 0.460 e. The van der Waals surface area contributed by atoms with Crippen LogP contribution in [-0.2, 0) is 14.3 Å². The van der Waals surface area contributed by atoms with E-state index in [0.29, 0.717) is 6.54 Å². The number of nitrogens with zero attached hydrogens (tertiary/aromatic N) is 1. The Morgan fingerprint density at radius 2 is 2.20 bits per heavy atom. The second kappa shape index (κ2) is 5.24. The van der Waals surface area contributed by atoms with Crippen molar-refractivity contribution in [3.05, 3.63) is 0 Å². The summed E-state index contributed by atoms with van der Waals surface area (Å²) in [5.41, 5.74) is -0.530. The fourth-order valence-corrected chi connectivity index (χ4v) is 3.05. The van der Waals surface area contributed by atoms with Crippen molar-refractivity contribution in [2.24, 2.45) is 11.8 Å². The summed E-state index contributed by atoms with van der Waals surface area (Å²) in [6, 6.07) is -0.130. The van der Waals surface area contributed by atoms with Crippen LogP contribution in [0.15, 0.2) is 0 Å². The molecule has 0 aromatic carbocycles. The Balaban J connectivity index is 2.07. The number of aliphatic hydroxyl groups excluding tert-OH is 1. The normalized spacial score (nSPS) is 30.9. The van der Waals surface area contributed by atoms with Crippen molar-refractivity contribution in [2.45, 2.75) is 51.9 Å². The summed E-state index contributed by atoms with van der Waals surface area (Å²) >= 11 is 0. The van der Waals surface area contributed by atoms with E-state index >= 15 is 0 Å². The number of fused-ring (bicyclic) bond motifs is 1. The third-order valence-corrected chi connectivity index (χ3v) is 3.91. The molecule has 4 atom stereocenters. The maximum Gasteiger partial charge on any atom is 0.410 e. The number of aliphatic hydroxyl groups is 1. The lowest BCUT2D eigenvalue weighted by molar-refractivity contribution is -0.156. The lowest BCUT2D eigenvalue weighted by atomic mass is 9.85. The Labute approximate surface area is 119 Å². The molecule has 2 fully saturated rings. The third kappa shape index (κ3) is 3.06. The summed E-state index contributed by atoms with van der Waals surface area (Å²) < 4.78 is 10.4. The van der Waals surface area contributed by atoms with Crippen molar-refractivity contribution >= 4 is 12.1 Å². The van der Waals surface area contributed by atoms with Gasteiger partial charge in [-0.15, -0.1) is 0 Å². The Kier molecular flexibility index (Phi) is 3.95. The summed E-state index contributed by atoms with van der Waals surface area (Å²) in [6.07, 6.45) is -0.724. The Hall–Kier alpha value is -1.30. The topological polar surface area (TPSA) is 76.1 Å². The number of ether oxygens (including phenoxy) is 2. The molecule has 6 heteroatoms. The molecule has 0 aromatic rings. The van der Waals surface area contributed by atoms with Crippen molar-refractivity contribution in [3.8, 4) is 0 Å². The SMILES string of the molecule is CC(O)[C@H]1CN2C(=O)OC[C@@H]2[C@H]1CC(=O)OC(C)(C)C. The van der Waals surface area contributed by atoms with E-state index in [4.69, 9.17) is 9.47 Å². The number of amides is 1. The van der Waals surface area contributed by atoms with Gasteiger partial charge in [0.1, 0.15) is 12.2 Å². The number of rotatable bonds is 3. The zero-order valence-electron chi connectivity index (χ0n) is 12.5. The minimum atomic E-state index is -0.569. The molecule has 2 rings (SSSR count). The van der Waals surface area contributed by atoms with Crippen LogP contribution in [0.5, 0.6) is 0 Å². The van der Waals surface area contributed by atoms with Gasteiger partial charge in [0.15, 0.2) is 0 Å². The van der Waals surface area contributed by atoms with Crippen molar-refractivity contribution in [3.63, 3.8) is 0 Å². The molecule has 0 spiro atoms. The molecule has 6 nitrogen and oxygen atoms in total. The average molecular weight is 285 g/mol. The van der Waals surface area contributed by atoms with Crippen molar-refractivity contribution in [1.82, 2.24) is 4.90 Å². The summed E-state index contributed by atoms with van der Waals surface area (Å²) in [5, 5.41) is 9.88. The molecule has 20 heavy (non-hydrogen) atoms. The van der Waals surface area contributed by atoms with Gasteiger partial charge in [0.05, 0.1) is 18.6 Å². The van der Waals surface area contributed by atoms with E-state index in [9.17, 15) is 14.7 Å². The van der Waals surface area contributed by atoms with Gasteiger partial charge in [-0.2, -0.15) is 0 Å². The molecule has 0 radical (unpaired) electrons. The van der Waals surface area contributed by atoms with Crippen molar-refractivity contribution in [2.75, 3.05) is 13.2 Å². The smallest absolute Gasteiger partial charge is 0.410 e. The van der Waals surface area contributed by atoms with E-state index in [0.717, 1.165) is 0 Å². The Morgan fingerprint density at radius 1 is 1.55 bits per heavy atom.